The summed E-state index contributed by atoms with van der Waals surface area (Å²) in [7, 11) is 1.74. The molecule has 10 heteroatoms. The monoisotopic (exact) mass is 450 g/mol. The standard InChI is InChI=1S/C22H22N6O3S/c1-27-12-16-14(22(27)30)3-4-18(25-16)26-21-15(20(23)29)10-17(32-21)13-2-5-19(24-11-13)28-6-8-31-9-7-28/h2-5,10-11H,6-9,12H2,1H3,(H2,23,29)(H,25,26). The van der Waals surface area contributed by atoms with Gasteiger partial charge in [0.15, 0.2) is 0 Å². The van der Waals surface area contributed by atoms with Crippen molar-refractivity contribution in [3.05, 3.63) is 53.3 Å². The second-order valence-electron chi connectivity index (χ2n) is 7.70. The zero-order chi connectivity index (χ0) is 22.2. The van der Waals surface area contributed by atoms with Crippen molar-refractivity contribution < 1.29 is 14.3 Å². The number of amides is 2. The Hall–Kier alpha value is -3.50. The summed E-state index contributed by atoms with van der Waals surface area (Å²) < 4.78 is 5.39. The number of hydrogen-bond acceptors (Lipinski definition) is 8. The van der Waals surface area contributed by atoms with Gasteiger partial charge < -0.3 is 25.6 Å². The Balaban J connectivity index is 1.40. The third-order valence-corrected chi connectivity index (χ3v) is 6.64. The lowest BCUT2D eigenvalue weighted by atomic mass is 10.2. The van der Waals surface area contributed by atoms with Crippen LogP contribution in [0, 0.1) is 0 Å². The molecule has 2 aliphatic heterocycles. The van der Waals surface area contributed by atoms with Gasteiger partial charge in [-0.15, -0.1) is 11.3 Å². The lowest BCUT2D eigenvalue weighted by Crippen LogP contribution is -2.36. The maximum atomic E-state index is 12.1. The summed E-state index contributed by atoms with van der Waals surface area (Å²) in [4.78, 5) is 38.0. The zero-order valence-electron chi connectivity index (χ0n) is 17.5. The van der Waals surface area contributed by atoms with E-state index >= 15 is 0 Å². The highest BCUT2D eigenvalue weighted by molar-refractivity contribution is 7.19. The van der Waals surface area contributed by atoms with E-state index in [4.69, 9.17) is 10.5 Å². The second-order valence-corrected chi connectivity index (χ2v) is 8.75. The predicted molar refractivity (Wildman–Crippen MR) is 122 cm³/mol. The van der Waals surface area contributed by atoms with Gasteiger partial charge >= 0.3 is 0 Å². The van der Waals surface area contributed by atoms with E-state index in [0.29, 0.717) is 47.4 Å². The number of carbonyl (C=O) groups excluding carboxylic acids is 2. The van der Waals surface area contributed by atoms with Gasteiger partial charge in [-0.3, -0.25) is 9.59 Å². The van der Waals surface area contributed by atoms with Crippen LogP contribution in [0.2, 0.25) is 0 Å². The second kappa shape index (κ2) is 8.21. The molecular formula is C22H22N6O3S. The first-order valence-corrected chi connectivity index (χ1v) is 11.1. The Morgan fingerprint density at radius 2 is 2.03 bits per heavy atom. The van der Waals surface area contributed by atoms with Crippen LogP contribution in [0.1, 0.15) is 26.4 Å². The van der Waals surface area contributed by atoms with Crippen LogP contribution in [0.15, 0.2) is 36.5 Å². The molecule has 164 valence electrons. The first kappa shape index (κ1) is 20.4. The Bertz CT molecular complexity index is 1190. The van der Waals surface area contributed by atoms with Crippen LogP contribution in [0.4, 0.5) is 16.6 Å². The number of carbonyl (C=O) groups is 2. The van der Waals surface area contributed by atoms with Crippen molar-refractivity contribution in [1.29, 1.82) is 0 Å². The molecule has 1 fully saturated rings. The Labute approximate surface area is 188 Å². The number of primary amides is 1. The Morgan fingerprint density at radius 1 is 1.22 bits per heavy atom. The molecule has 3 aromatic rings. The number of aromatic nitrogens is 2. The van der Waals surface area contributed by atoms with Crippen LogP contribution in [-0.4, -0.2) is 60.0 Å². The van der Waals surface area contributed by atoms with Crippen molar-refractivity contribution >= 4 is 39.8 Å². The summed E-state index contributed by atoms with van der Waals surface area (Å²) in [6.07, 6.45) is 1.81. The lowest BCUT2D eigenvalue weighted by Gasteiger charge is -2.27. The van der Waals surface area contributed by atoms with E-state index in [-0.39, 0.29) is 5.91 Å². The third kappa shape index (κ3) is 3.78. The molecule has 0 atom stereocenters. The number of thiophene rings is 1. The summed E-state index contributed by atoms with van der Waals surface area (Å²) in [5.74, 6) is 0.903. The number of fused-ring (bicyclic) bond motifs is 1. The number of anilines is 3. The van der Waals surface area contributed by atoms with Crippen molar-refractivity contribution in [2.24, 2.45) is 5.73 Å². The van der Waals surface area contributed by atoms with Crippen molar-refractivity contribution in [2.45, 2.75) is 6.54 Å². The largest absolute Gasteiger partial charge is 0.378 e. The Kier molecular flexibility index (Phi) is 5.24. The van der Waals surface area contributed by atoms with E-state index in [1.807, 2.05) is 12.1 Å². The van der Waals surface area contributed by atoms with E-state index in [1.54, 1.807) is 36.3 Å². The minimum Gasteiger partial charge on any atom is -0.378 e. The lowest BCUT2D eigenvalue weighted by molar-refractivity contribution is 0.0816. The molecule has 0 bridgehead atoms. The molecule has 5 rings (SSSR count). The molecular weight excluding hydrogens is 428 g/mol. The van der Waals surface area contributed by atoms with Gasteiger partial charge in [0, 0.05) is 36.8 Å². The van der Waals surface area contributed by atoms with Crippen LogP contribution in [0.25, 0.3) is 10.4 Å². The van der Waals surface area contributed by atoms with Gasteiger partial charge in [-0.25, -0.2) is 9.97 Å². The maximum Gasteiger partial charge on any atom is 0.255 e. The quantitative estimate of drug-likeness (QED) is 0.614. The molecule has 3 N–H and O–H groups in total. The number of rotatable bonds is 5. The number of pyridine rings is 2. The van der Waals surface area contributed by atoms with Gasteiger partial charge in [-0.05, 0) is 30.3 Å². The highest BCUT2D eigenvalue weighted by atomic mass is 32.1. The number of nitrogens with one attached hydrogen (secondary N) is 1. The predicted octanol–water partition coefficient (Wildman–Crippen LogP) is 2.47. The first-order chi connectivity index (χ1) is 15.5. The van der Waals surface area contributed by atoms with E-state index in [9.17, 15) is 9.59 Å². The average Bonchev–Trinajstić information content (AvgIpc) is 3.35. The van der Waals surface area contributed by atoms with Gasteiger partial charge in [0.1, 0.15) is 16.6 Å². The van der Waals surface area contributed by atoms with E-state index in [0.717, 1.165) is 29.3 Å². The van der Waals surface area contributed by atoms with E-state index < -0.39 is 5.91 Å². The molecule has 0 saturated carbocycles. The average molecular weight is 451 g/mol. The summed E-state index contributed by atoms with van der Waals surface area (Å²) >= 11 is 1.41. The number of ether oxygens (including phenoxy) is 1. The summed E-state index contributed by atoms with van der Waals surface area (Å²) in [6, 6.07) is 9.23. The van der Waals surface area contributed by atoms with Gasteiger partial charge in [0.05, 0.1) is 36.6 Å². The number of morpholine rings is 1. The molecule has 0 unspecified atom stereocenters. The molecule has 0 aromatic carbocycles. The number of nitrogens with two attached hydrogens (primary N) is 1. The van der Waals surface area contributed by atoms with Crippen molar-refractivity contribution in [3.8, 4) is 10.4 Å². The Morgan fingerprint density at radius 3 is 2.75 bits per heavy atom. The summed E-state index contributed by atoms with van der Waals surface area (Å²) in [5, 5.41) is 3.81. The fraction of sp³-hybridized carbons (Fsp3) is 0.273. The fourth-order valence-electron chi connectivity index (χ4n) is 3.83. The maximum absolute atomic E-state index is 12.1. The minimum atomic E-state index is -0.524. The summed E-state index contributed by atoms with van der Waals surface area (Å²) in [6.45, 7) is 3.50. The van der Waals surface area contributed by atoms with Crippen LogP contribution in [0.5, 0.6) is 0 Å². The number of hydrogen-bond donors (Lipinski definition) is 2. The van der Waals surface area contributed by atoms with E-state index in [2.05, 4.69) is 20.2 Å². The van der Waals surface area contributed by atoms with Crippen molar-refractivity contribution in [3.63, 3.8) is 0 Å². The molecule has 1 saturated heterocycles. The highest BCUT2D eigenvalue weighted by Gasteiger charge is 2.26. The molecule has 0 radical (unpaired) electrons. The van der Waals surface area contributed by atoms with Crippen LogP contribution < -0.4 is 16.0 Å². The van der Waals surface area contributed by atoms with Crippen LogP contribution in [0.3, 0.4) is 0 Å². The first-order valence-electron chi connectivity index (χ1n) is 10.2. The smallest absolute Gasteiger partial charge is 0.255 e. The van der Waals surface area contributed by atoms with E-state index in [1.165, 1.54) is 11.3 Å². The summed E-state index contributed by atoms with van der Waals surface area (Å²) in [5.41, 5.74) is 8.23. The van der Waals surface area contributed by atoms with Crippen LogP contribution >= 0.6 is 11.3 Å². The van der Waals surface area contributed by atoms with Gasteiger partial charge in [0.25, 0.3) is 11.8 Å². The topological polar surface area (TPSA) is 114 Å². The van der Waals surface area contributed by atoms with Crippen LogP contribution in [-0.2, 0) is 11.3 Å². The molecule has 5 heterocycles. The van der Waals surface area contributed by atoms with Crippen molar-refractivity contribution in [2.75, 3.05) is 43.6 Å². The molecule has 2 aliphatic rings. The molecule has 0 aliphatic carbocycles. The fourth-order valence-corrected chi connectivity index (χ4v) is 4.89. The number of nitrogens with zero attached hydrogens (tertiary/aromatic N) is 4. The van der Waals surface area contributed by atoms with Gasteiger partial charge in [0.2, 0.25) is 0 Å². The molecule has 2 amide bonds. The third-order valence-electron chi connectivity index (χ3n) is 5.54. The molecule has 3 aromatic heterocycles. The molecule has 9 nitrogen and oxygen atoms in total. The SMILES string of the molecule is CN1Cc2nc(Nc3sc(-c4ccc(N5CCOCC5)nc4)cc3C(N)=O)ccc2C1=O. The van der Waals surface area contributed by atoms with Gasteiger partial charge in [-0.2, -0.15) is 0 Å². The molecule has 32 heavy (non-hydrogen) atoms. The normalized spacial score (nSPS) is 15.7. The van der Waals surface area contributed by atoms with Crippen molar-refractivity contribution in [1.82, 2.24) is 14.9 Å². The molecule has 0 spiro atoms. The minimum absolute atomic E-state index is 0.0386. The zero-order valence-corrected chi connectivity index (χ0v) is 18.3. The highest BCUT2D eigenvalue weighted by Crippen LogP contribution is 2.37. The van der Waals surface area contributed by atoms with Gasteiger partial charge in [-0.1, -0.05) is 0 Å².